The minimum absolute atomic E-state index is 0.795. The van der Waals surface area contributed by atoms with Crippen LogP contribution in [0.2, 0.25) is 0 Å². The first-order valence-electron chi connectivity index (χ1n) is 5.31. The molecule has 0 saturated carbocycles. The van der Waals surface area contributed by atoms with Crippen LogP contribution < -0.4 is 5.32 Å². The second-order valence-electron chi connectivity index (χ2n) is 3.17. The molecule has 1 aromatic heterocycles. The second kappa shape index (κ2) is 6.62. The molecule has 0 unspecified atom stereocenters. The lowest BCUT2D eigenvalue weighted by atomic mass is 10.4. The number of rotatable bonds is 7. The molecule has 14 heavy (non-hydrogen) atoms. The molecule has 0 atom stereocenters. The van der Waals surface area contributed by atoms with Crippen LogP contribution in [-0.4, -0.2) is 24.3 Å². The number of ether oxygens (including phenoxy) is 1. The first kappa shape index (κ1) is 11.3. The second-order valence-corrected chi connectivity index (χ2v) is 3.17. The van der Waals surface area contributed by atoms with Crippen molar-refractivity contribution in [1.29, 1.82) is 0 Å². The molecule has 0 aliphatic rings. The molecular formula is C11H20N2O. The number of hydrogen-bond donors (Lipinski definition) is 1. The van der Waals surface area contributed by atoms with Gasteiger partial charge in [-0.25, -0.2) is 0 Å². The van der Waals surface area contributed by atoms with Gasteiger partial charge in [0.2, 0.25) is 0 Å². The molecule has 3 nitrogen and oxygen atoms in total. The van der Waals surface area contributed by atoms with Gasteiger partial charge in [-0.3, -0.25) is 0 Å². The Kier molecular flexibility index (Phi) is 5.33. The molecule has 0 bridgehead atoms. The van der Waals surface area contributed by atoms with Crippen LogP contribution in [0.15, 0.2) is 18.3 Å². The summed E-state index contributed by atoms with van der Waals surface area (Å²) in [7, 11) is 0. The fourth-order valence-electron chi connectivity index (χ4n) is 1.39. The quantitative estimate of drug-likeness (QED) is 0.671. The minimum atomic E-state index is 0.795. The third-order valence-corrected chi connectivity index (χ3v) is 2.16. The van der Waals surface area contributed by atoms with Crippen molar-refractivity contribution in [2.45, 2.75) is 26.9 Å². The van der Waals surface area contributed by atoms with Crippen molar-refractivity contribution < 1.29 is 4.74 Å². The molecule has 0 radical (unpaired) electrons. The normalized spacial score (nSPS) is 10.7. The summed E-state index contributed by atoms with van der Waals surface area (Å²) in [5.41, 5.74) is 1.33. The summed E-state index contributed by atoms with van der Waals surface area (Å²) in [4.78, 5) is 0. The van der Waals surface area contributed by atoms with Crippen LogP contribution in [0.5, 0.6) is 0 Å². The van der Waals surface area contributed by atoms with Crippen molar-refractivity contribution in [3.05, 3.63) is 24.0 Å². The zero-order valence-corrected chi connectivity index (χ0v) is 9.12. The lowest BCUT2D eigenvalue weighted by Gasteiger charge is -2.09. The van der Waals surface area contributed by atoms with Gasteiger partial charge in [-0.2, -0.15) is 0 Å². The predicted octanol–water partition coefficient (Wildman–Crippen LogP) is 1.63. The highest BCUT2D eigenvalue weighted by molar-refractivity contribution is 5.06. The molecule has 80 valence electrons. The molecular weight excluding hydrogens is 176 g/mol. The Labute approximate surface area is 86.1 Å². The molecule has 1 rings (SSSR count). The van der Waals surface area contributed by atoms with Gasteiger partial charge in [-0.05, 0) is 25.6 Å². The molecule has 0 fully saturated rings. The van der Waals surface area contributed by atoms with Gasteiger partial charge in [0, 0.05) is 31.6 Å². The molecule has 0 aromatic carbocycles. The molecule has 0 spiro atoms. The summed E-state index contributed by atoms with van der Waals surface area (Å²) in [5.74, 6) is 0. The van der Waals surface area contributed by atoms with E-state index in [0.717, 1.165) is 32.8 Å². The lowest BCUT2D eigenvalue weighted by Crippen LogP contribution is -2.16. The van der Waals surface area contributed by atoms with Crippen LogP contribution in [0.3, 0.4) is 0 Å². The van der Waals surface area contributed by atoms with Gasteiger partial charge in [0.15, 0.2) is 0 Å². The maximum Gasteiger partial charge on any atom is 0.0645 e. The highest BCUT2D eigenvalue weighted by Crippen LogP contribution is 2.01. The van der Waals surface area contributed by atoms with Crippen LogP contribution in [-0.2, 0) is 17.8 Å². The highest BCUT2D eigenvalue weighted by Gasteiger charge is 1.98. The zero-order valence-electron chi connectivity index (χ0n) is 9.12. The van der Waals surface area contributed by atoms with Crippen molar-refractivity contribution in [1.82, 2.24) is 9.88 Å². The summed E-state index contributed by atoms with van der Waals surface area (Å²) in [6.07, 6.45) is 2.10. The maximum atomic E-state index is 5.33. The van der Waals surface area contributed by atoms with Crippen LogP contribution in [0, 0.1) is 0 Å². The lowest BCUT2D eigenvalue weighted by molar-refractivity contribution is 0.138. The van der Waals surface area contributed by atoms with E-state index >= 15 is 0 Å². The van der Waals surface area contributed by atoms with Crippen molar-refractivity contribution in [2.75, 3.05) is 19.8 Å². The first-order chi connectivity index (χ1) is 6.88. The first-order valence-corrected chi connectivity index (χ1v) is 5.31. The third-order valence-electron chi connectivity index (χ3n) is 2.16. The molecule has 0 aliphatic heterocycles. The summed E-state index contributed by atoms with van der Waals surface area (Å²) in [5, 5.41) is 3.32. The van der Waals surface area contributed by atoms with E-state index in [2.05, 4.69) is 35.1 Å². The summed E-state index contributed by atoms with van der Waals surface area (Å²) in [6, 6.07) is 4.23. The summed E-state index contributed by atoms with van der Waals surface area (Å²) >= 11 is 0. The van der Waals surface area contributed by atoms with E-state index in [4.69, 9.17) is 4.74 Å². The number of hydrogen-bond acceptors (Lipinski definition) is 2. The van der Waals surface area contributed by atoms with Gasteiger partial charge in [0.25, 0.3) is 0 Å². The number of nitrogens with one attached hydrogen (secondary N) is 1. The number of aromatic nitrogens is 1. The van der Waals surface area contributed by atoms with E-state index in [1.165, 1.54) is 5.69 Å². The monoisotopic (exact) mass is 196 g/mol. The van der Waals surface area contributed by atoms with Crippen LogP contribution in [0.4, 0.5) is 0 Å². The Morgan fingerprint density at radius 2 is 2.29 bits per heavy atom. The summed E-state index contributed by atoms with van der Waals surface area (Å²) in [6.45, 7) is 8.63. The molecule has 0 amide bonds. The van der Waals surface area contributed by atoms with E-state index in [-0.39, 0.29) is 0 Å². The SMILES string of the molecule is CCNCc1cccn1CCOCC. The Balaban J connectivity index is 2.37. The Bertz CT molecular complexity index is 245. The van der Waals surface area contributed by atoms with E-state index in [9.17, 15) is 0 Å². The minimum Gasteiger partial charge on any atom is -0.380 e. The van der Waals surface area contributed by atoms with Gasteiger partial charge >= 0.3 is 0 Å². The van der Waals surface area contributed by atoms with Crippen LogP contribution >= 0.6 is 0 Å². The maximum absolute atomic E-state index is 5.33. The highest BCUT2D eigenvalue weighted by atomic mass is 16.5. The van der Waals surface area contributed by atoms with E-state index in [1.54, 1.807) is 0 Å². The molecule has 0 saturated heterocycles. The van der Waals surface area contributed by atoms with E-state index < -0.39 is 0 Å². The summed E-state index contributed by atoms with van der Waals surface area (Å²) < 4.78 is 7.56. The molecule has 1 heterocycles. The predicted molar refractivity (Wildman–Crippen MR) is 58.3 cm³/mol. The molecule has 1 N–H and O–H groups in total. The van der Waals surface area contributed by atoms with Gasteiger partial charge < -0.3 is 14.6 Å². The van der Waals surface area contributed by atoms with Crippen molar-refractivity contribution in [2.24, 2.45) is 0 Å². The van der Waals surface area contributed by atoms with E-state index in [1.807, 2.05) is 6.92 Å². The van der Waals surface area contributed by atoms with Crippen LogP contribution in [0.1, 0.15) is 19.5 Å². The standard InChI is InChI=1S/C11H20N2O/c1-3-12-10-11-6-5-7-13(11)8-9-14-4-2/h5-7,12H,3-4,8-10H2,1-2H3. The Morgan fingerprint density at radius 1 is 1.43 bits per heavy atom. The van der Waals surface area contributed by atoms with Crippen molar-refractivity contribution >= 4 is 0 Å². The topological polar surface area (TPSA) is 26.2 Å². The average Bonchev–Trinajstić information content (AvgIpc) is 2.63. The van der Waals surface area contributed by atoms with Gasteiger partial charge in [-0.15, -0.1) is 0 Å². The van der Waals surface area contributed by atoms with E-state index in [0.29, 0.717) is 0 Å². The van der Waals surface area contributed by atoms with Crippen molar-refractivity contribution in [3.63, 3.8) is 0 Å². The molecule has 3 heteroatoms. The van der Waals surface area contributed by atoms with Gasteiger partial charge in [0.05, 0.1) is 6.61 Å². The third kappa shape index (κ3) is 3.52. The Morgan fingerprint density at radius 3 is 3.00 bits per heavy atom. The zero-order chi connectivity index (χ0) is 10.2. The smallest absolute Gasteiger partial charge is 0.0645 e. The fraction of sp³-hybridized carbons (Fsp3) is 0.636. The van der Waals surface area contributed by atoms with Crippen LogP contribution in [0.25, 0.3) is 0 Å². The Hall–Kier alpha value is -0.800. The van der Waals surface area contributed by atoms with Gasteiger partial charge in [-0.1, -0.05) is 6.92 Å². The molecule has 1 aromatic rings. The molecule has 0 aliphatic carbocycles. The number of nitrogens with zero attached hydrogens (tertiary/aromatic N) is 1. The van der Waals surface area contributed by atoms with Gasteiger partial charge in [0.1, 0.15) is 0 Å². The van der Waals surface area contributed by atoms with Crippen molar-refractivity contribution in [3.8, 4) is 0 Å². The fourth-order valence-corrected chi connectivity index (χ4v) is 1.39. The average molecular weight is 196 g/mol. The largest absolute Gasteiger partial charge is 0.380 e.